The van der Waals surface area contributed by atoms with Crippen LogP contribution in [0.3, 0.4) is 0 Å². The molecular formula is C18H16Cl2N2O5. The Morgan fingerprint density at radius 2 is 1.89 bits per heavy atom. The van der Waals surface area contributed by atoms with Crippen LogP contribution in [0.1, 0.15) is 35.3 Å². The highest BCUT2D eigenvalue weighted by Crippen LogP contribution is 2.28. The predicted molar refractivity (Wildman–Crippen MR) is 101 cm³/mol. The van der Waals surface area contributed by atoms with Gasteiger partial charge in [0, 0.05) is 16.7 Å². The van der Waals surface area contributed by atoms with E-state index >= 15 is 0 Å². The topological polar surface area (TPSA) is 98.5 Å². The van der Waals surface area contributed by atoms with E-state index in [1.54, 1.807) is 31.2 Å². The lowest BCUT2D eigenvalue weighted by Crippen LogP contribution is -2.31. The lowest BCUT2D eigenvalue weighted by atomic mass is 10.0. The molecule has 0 unspecified atom stereocenters. The average molecular weight is 411 g/mol. The Morgan fingerprint density at radius 1 is 1.19 bits per heavy atom. The molecule has 0 aliphatic heterocycles. The fourth-order valence-electron chi connectivity index (χ4n) is 2.42. The molecule has 0 aromatic heterocycles. The van der Waals surface area contributed by atoms with Gasteiger partial charge in [-0.15, -0.1) is 0 Å². The number of halogens is 2. The molecule has 1 atom stereocenters. The number of nitrogens with one attached hydrogen (secondary N) is 1. The minimum Gasteiger partial charge on any atom is -0.466 e. The normalized spacial score (nSPS) is 11.5. The third-order valence-electron chi connectivity index (χ3n) is 3.67. The van der Waals surface area contributed by atoms with Crippen molar-refractivity contribution in [3.05, 3.63) is 73.8 Å². The highest BCUT2D eigenvalue weighted by atomic mass is 35.5. The Kier molecular flexibility index (Phi) is 7.15. The van der Waals surface area contributed by atoms with Crippen molar-refractivity contribution in [3.8, 4) is 0 Å². The number of carbonyl (C=O) groups is 2. The maximum atomic E-state index is 12.6. The van der Waals surface area contributed by atoms with Crippen LogP contribution in [-0.4, -0.2) is 23.4 Å². The van der Waals surface area contributed by atoms with Gasteiger partial charge in [0.1, 0.15) is 5.02 Å². The van der Waals surface area contributed by atoms with Crippen molar-refractivity contribution in [1.82, 2.24) is 5.32 Å². The molecule has 1 N–H and O–H groups in total. The number of hydrogen-bond acceptors (Lipinski definition) is 5. The zero-order chi connectivity index (χ0) is 20.0. The monoisotopic (exact) mass is 410 g/mol. The molecule has 2 aromatic rings. The lowest BCUT2D eigenvalue weighted by molar-refractivity contribution is -0.384. The summed E-state index contributed by atoms with van der Waals surface area (Å²) < 4.78 is 4.95. The quantitative estimate of drug-likeness (QED) is 0.416. The maximum absolute atomic E-state index is 12.6. The van der Waals surface area contributed by atoms with Crippen LogP contribution in [0.5, 0.6) is 0 Å². The van der Waals surface area contributed by atoms with E-state index < -0.39 is 22.8 Å². The number of esters is 1. The van der Waals surface area contributed by atoms with Crippen LogP contribution in [0, 0.1) is 10.1 Å². The molecule has 0 spiro atoms. The summed E-state index contributed by atoms with van der Waals surface area (Å²) in [6.45, 7) is 1.87. The van der Waals surface area contributed by atoms with Gasteiger partial charge in [-0.1, -0.05) is 41.4 Å². The number of nitrogens with zero attached hydrogens (tertiary/aromatic N) is 1. The smallest absolute Gasteiger partial charge is 0.308 e. The van der Waals surface area contributed by atoms with Gasteiger partial charge < -0.3 is 10.1 Å². The number of rotatable bonds is 7. The Bertz CT molecular complexity index is 873. The molecule has 1 amide bonds. The Morgan fingerprint density at radius 3 is 2.52 bits per heavy atom. The largest absolute Gasteiger partial charge is 0.466 e. The van der Waals surface area contributed by atoms with Crippen molar-refractivity contribution in [1.29, 1.82) is 0 Å². The first kappa shape index (κ1) is 20.7. The van der Waals surface area contributed by atoms with Gasteiger partial charge in [-0.25, -0.2) is 0 Å². The third-order valence-corrected chi connectivity index (χ3v) is 4.33. The fraction of sp³-hybridized carbons (Fsp3) is 0.222. The summed E-state index contributed by atoms with van der Waals surface area (Å²) in [4.78, 5) is 34.8. The minimum absolute atomic E-state index is 0.0343. The Hall–Kier alpha value is -2.64. The second-order valence-corrected chi connectivity index (χ2v) is 6.29. The Balaban J connectivity index is 2.30. The van der Waals surface area contributed by atoms with E-state index in [0.717, 1.165) is 6.07 Å². The van der Waals surface area contributed by atoms with E-state index in [1.807, 2.05) is 0 Å². The number of carbonyl (C=O) groups excluding carboxylic acids is 2. The van der Waals surface area contributed by atoms with Crippen molar-refractivity contribution in [2.45, 2.75) is 19.4 Å². The molecule has 0 aliphatic carbocycles. The summed E-state index contributed by atoms with van der Waals surface area (Å²) in [5.74, 6) is -1.12. The van der Waals surface area contributed by atoms with Crippen molar-refractivity contribution in [2.24, 2.45) is 0 Å². The predicted octanol–water partition coefficient (Wildman–Crippen LogP) is 4.33. The van der Waals surface area contributed by atoms with Gasteiger partial charge in [-0.3, -0.25) is 19.7 Å². The molecule has 0 heterocycles. The van der Waals surface area contributed by atoms with Crippen LogP contribution in [-0.2, 0) is 9.53 Å². The zero-order valence-electron chi connectivity index (χ0n) is 14.3. The van der Waals surface area contributed by atoms with Crippen LogP contribution in [0.4, 0.5) is 5.69 Å². The fourth-order valence-corrected chi connectivity index (χ4v) is 2.87. The number of ether oxygens (including phenoxy) is 1. The summed E-state index contributed by atoms with van der Waals surface area (Å²) in [6.07, 6.45) is -0.140. The first-order valence-electron chi connectivity index (χ1n) is 7.98. The molecule has 2 aromatic carbocycles. The van der Waals surface area contributed by atoms with Crippen molar-refractivity contribution in [2.75, 3.05) is 6.61 Å². The molecule has 9 heteroatoms. The minimum atomic E-state index is -0.764. The molecule has 0 saturated heterocycles. The summed E-state index contributed by atoms with van der Waals surface area (Å²) in [6, 6.07) is 9.69. The van der Waals surface area contributed by atoms with Crippen LogP contribution >= 0.6 is 23.2 Å². The molecule has 2 rings (SSSR count). The summed E-state index contributed by atoms with van der Waals surface area (Å²) in [5, 5.41) is 14.0. The summed E-state index contributed by atoms with van der Waals surface area (Å²) >= 11 is 12.0. The first-order valence-corrected chi connectivity index (χ1v) is 8.74. The molecule has 0 aliphatic rings. The van der Waals surface area contributed by atoms with Crippen molar-refractivity contribution in [3.63, 3.8) is 0 Å². The van der Waals surface area contributed by atoms with Crippen LogP contribution < -0.4 is 5.32 Å². The molecule has 0 fully saturated rings. The molecular weight excluding hydrogens is 395 g/mol. The van der Waals surface area contributed by atoms with Gasteiger partial charge in [-0.05, 0) is 30.7 Å². The highest BCUT2D eigenvalue weighted by Gasteiger charge is 2.23. The van der Waals surface area contributed by atoms with E-state index in [4.69, 9.17) is 27.9 Å². The molecule has 0 saturated carbocycles. The van der Waals surface area contributed by atoms with E-state index in [9.17, 15) is 19.7 Å². The van der Waals surface area contributed by atoms with Crippen LogP contribution in [0.2, 0.25) is 10.0 Å². The van der Waals surface area contributed by atoms with Crippen molar-refractivity contribution < 1.29 is 19.2 Å². The van der Waals surface area contributed by atoms with Crippen molar-refractivity contribution >= 4 is 40.8 Å². The van der Waals surface area contributed by atoms with E-state index in [1.165, 1.54) is 12.1 Å². The number of benzene rings is 2. The van der Waals surface area contributed by atoms with Gasteiger partial charge in [-0.2, -0.15) is 0 Å². The number of hydrogen-bond donors (Lipinski definition) is 1. The Labute approximate surface area is 165 Å². The van der Waals surface area contributed by atoms with Gasteiger partial charge >= 0.3 is 5.97 Å². The van der Waals surface area contributed by atoms with Gasteiger partial charge in [0.05, 0.1) is 24.0 Å². The molecule has 0 radical (unpaired) electrons. The first-order chi connectivity index (χ1) is 12.8. The maximum Gasteiger partial charge on any atom is 0.308 e. The van der Waals surface area contributed by atoms with Crippen LogP contribution in [0.25, 0.3) is 0 Å². The second-order valence-electron chi connectivity index (χ2n) is 5.48. The van der Waals surface area contributed by atoms with Crippen LogP contribution in [0.15, 0.2) is 42.5 Å². The molecule has 7 nitrogen and oxygen atoms in total. The standard InChI is InChI=1S/C18H16Cl2N2O5/c1-2-27-17(23)10-15(12-5-3-4-6-13(12)19)21-18(24)11-7-8-14(20)16(9-11)22(25)26/h3-9,15H,2,10H2,1H3,(H,21,24)/t15-/m1/s1. The SMILES string of the molecule is CCOC(=O)C[C@@H](NC(=O)c1ccc(Cl)c([N+](=O)[O-])c1)c1ccccc1Cl. The number of nitro benzene ring substituents is 1. The highest BCUT2D eigenvalue weighted by molar-refractivity contribution is 6.32. The summed E-state index contributed by atoms with van der Waals surface area (Å²) in [5.41, 5.74) is 0.181. The average Bonchev–Trinajstić information content (AvgIpc) is 2.61. The number of amides is 1. The van der Waals surface area contributed by atoms with Gasteiger partial charge in [0.25, 0.3) is 11.6 Å². The van der Waals surface area contributed by atoms with E-state index in [0.29, 0.717) is 10.6 Å². The number of nitro groups is 1. The molecule has 142 valence electrons. The molecule has 27 heavy (non-hydrogen) atoms. The summed E-state index contributed by atoms with van der Waals surface area (Å²) in [7, 11) is 0. The second kappa shape index (κ2) is 9.34. The van der Waals surface area contributed by atoms with Gasteiger partial charge in [0.15, 0.2) is 0 Å². The lowest BCUT2D eigenvalue weighted by Gasteiger charge is -2.19. The van der Waals surface area contributed by atoms with E-state index in [2.05, 4.69) is 5.32 Å². The third kappa shape index (κ3) is 5.42. The van der Waals surface area contributed by atoms with Gasteiger partial charge in [0.2, 0.25) is 0 Å². The van der Waals surface area contributed by atoms with E-state index in [-0.39, 0.29) is 29.3 Å². The molecule has 0 bridgehead atoms. The zero-order valence-corrected chi connectivity index (χ0v) is 15.8.